The minimum atomic E-state index is 0.452. The van der Waals surface area contributed by atoms with Gasteiger partial charge in [-0.3, -0.25) is 0 Å². The standard InChI is InChI=1S/C11H16BrN/c1-8(2)11(13-3)9-4-6-10(12)7-5-9/h4-8,11,13H,1-3H3. The number of benzene rings is 1. The lowest BCUT2D eigenvalue weighted by atomic mass is 9.96. The van der Waals surface area contributed by atoms with E-state index in [0.717, 1.165) is 4.47 Å². The molecule has 1 unspecified atom stereocenters. The van der Waals surface area contributed by atoms with Gasteiger partial charge >= 0.3 is 0 Å². The summed E-state index contributed by atoms with van der Waals surface area (Å²) in [5.74, 6) is 0.617. The van der Waals surface area contributed by atoms with Gasteiger partial charge in [0.2, 0.25) is 0 Å². The van der Waals surface area contributed by atoms with Crippen LogP contribution < -0.4 is 5.32 Å². The van der Waals surface area contributed by atoms with Gasteiger partial charge in [-0.25, -0.2) is 0 Å². The van der Waals surface area contributed by atoms with Gasteiger partial charge < -0.3 is 5.32 Å². The average molecular weight is 242 g/mol. The molecule has 1 aromatic rings. The summed E-state index contributed by atoms with van der Waals surface area (Å²) in [6.45, 7) is 4.45. The first-order chi connectivity index (χ1) is 6.15. The second kappa shape index (κ2) is 4.77. The van der Waals surface area contributed by atoms with Crippen LogP contribution in [0.4, 0.5) is 0 Å². The van der Waals surface area contributed by atoms with Gasteiger partial charge in [0, 0.05) is 10.5 Å². The second-order valence-corrected chi connectivity index (χ2v) is 4.48. The molecule has 0 bridgehead atoms. The first kappa shape index (κ1) is 10.7. The van der Waals surface area contributed by atoms with Crippen molar-refractivity contribution in [3.05, 3.63) is 34.3 Å². The third-order valence-electron chi connectivity index (χ3n) is 2.21. The van der Waals surface area contributed by atoms with Crippen LogP contribution >= 0.6 is 15.9 Å². The van der Waals surface area contributed by atoms with Crippen LogP contribution in [-0.2, 0) is 0 Å². The highest BCUT2D eigenvalue weighted by Gasteiger charge is 2.12. The maximum atomic E-state index is 3.43. The zero-order valence-electron chi connectivity index (χ0n) is 8.34. The summed E-state index contributed by atoms with van der Waals surface area (Å²) < 4.78 is 1.13. The van der Waals surface area contributed by atoms with E-state index in [0.29, 0.717) is 12.0 Å². The number of halogens is 1. The molecule has 0 amide bonds. The molecule has 13 heavy (non-hydrogen) atoms. The molecule has 0 heterocycles. The molecule has 0 radical (unpaired) electrons. The fraction of sp³-hybridized carbons (Fsp3) is 0.455. The molecule has 0 aliphatic rings. The fourth-order valence-corrected chi connectivity index (χ4v) is 1.82. The SMILES string of the molecule is CNC(c1ccc(Br)cc1)C(C)C. The van der Waals surface area contributed by atoms with Crippen molar-refractivity contribution in [2.45, 2.75) is 19.9 Å². The van der Waals surface area contributed by atoms with Gasteiger partial charge in [0.05, 0.1) is 0 Å². The van der Waals surface area contributed by atoms with Crippen molar-refractivity contribution in [3.63, 3.8) is 0 Å². The van der Waals surface area contributed by atoms with Gasteiger partial charge in [-0.05, 0) is 30.7 Å². The van der Waals surface area contributed by atoms with E-state index in [9.17, 15) is 0 Å². The zero-order valence-corrected chi connectivity index (χ0v) is 9.93. The van der Waals surface area contributed by atoms with Crippen molar-refractivity contribution < 1.29 is 0 Å². The van der Waals surface area contributed by atoms with Crippen molar-refractivity contribution in [1.82, 2.24) is 5.32 Å². The molecule has 1 rings (SSSR count). The lowest BCUT2D eigenvalue weighted by Gasteiger charge is -2.20. The Morgan fingerprint density at radius 2 is 1.69 bits per heavy atom. The molecule has 1 N–H and O–H groups in total. The Labute approximate surface area is 88.7 Å². The predicted molar refractivity (Wildman–Crippen MR) is 60.8 cm³/mol. The summed E-state index contributed by atoms with van der Waals surface area (Å²) >= 11 is 3.43. The van der Waals surface area contributed by atoms with Crippen LogP contribution in [0.5, 0.6) is 0 Å². The van der Waals surface area contributed by atoms with Crippen LogP contribution in [0.25, 0.3) is 0 Å². The Morgan fingerprint density at radius 3 is 2.08 bits per heavy atom. The molecule has 72 valence electrons. The van der Waals surface area contributed by atoms with Crippen molar-refractivity contribution in [2.24, 2.45) is 5.92 Å². The van der Waals surface area contributed by atoms with Gasteiger partial charge in [0.15, 0.2) is 0 Å². The van der Waals surface area contributed by atoms with E-state index in [2.05, 4.69) is 59.4 Å². The Balaban J connectivity index is 2.86. The van der Waals surface area contributed by atoms with Gasteiger partial charge in [0.25, 0.3) is 0 Å². The highest BCUT2D eigenvalue weighted by atomic mass is 79.9. The topological polar surface area (TPSA) is 12.0 Å². The minimum absolute atomic E-state index is 0.452. The molecule has 1 nitrogen and oxygen atoms in total. The largest absolute Gasteiger partial charge is 0.313 e. The van der Waals surface area contributed by atoms with E-state index in [-0.39, 0.29) is 0 Å². The van der Waals surface area contributed by atoms with Gasteiger partial charge in [-0.2, -0.15) is 0 Å². The Hall–Kier alpha value is -0.340. The summed E-state index contributed by atoms with van der Waals surface area (Å²) in [5.41, 5.74) is 1.35. The maximum Gasteiger partial charge on any atom is 0.0340 e. The van der Waals surface area contributed by atoms with Crippen LogP contribution in [0.2, 0.25) is 0 Å². The van der Waals surface area contributed by atoms with Gasteiger partial charge in [0.1, 0.15) is 0 Å². The lowest BCUT2D eigenvalue weighted by Crippen LogP contribution is -2.21. The first-order valence-electron chi connectivity index (χ1n) is 4.58. The summed E-state index contributed by atoms with van der Waals surface area (Å²) in [7, 11) is 2.01. The van der Waals surface area contributed by atoms with Crippen LogP contribution in [-0.4, -0.2) is 7.05 Å². The highest BCUT2D eigenvalue weighted by Crippen LogP contribution is 2.22. The quantitative estimate of drug-likeness (QED) is 0.856. The first-order valence-corrected chi connectivity index (χ1v) is 5.37. The lowest BCUT2D eigenvalue weighted by molar-refractivity contribution is 0.443. The Bertz CT molecular complexity index is 253. The molecule has 0 aliphatic carbocycles. The van der Waals surface area contributed by atoms with Crippen molar-refractivity contribution in [1.29, 1.82) is 0 Å². The molecule has 0 aromatic heterocycles. The average Bonchev–Trinajstić information content (AvgIpc) is 2.09. The number of hydrogen-bond donors (Lipinski definition) is 1. The van der Waals surface area contributed by atoms with E-state index < -0.39 is 0 Å². The Kier molecular flexibility index (Phi) is 3.94. The van der Waals surface area contributed by atoms with E-state index >= 15 is 0 Å². The predicted octanol–water partition coefficient (Wildman–Crippen LogP) is 3.37. The minimum Gasteiger partial charge on any atom is -0.313 e. The van der Waals surface area contributed by atoms with E-state index in [1.807, 2.05) is 7.05 Å². The van der Waals surface area contributed by atoms with Crippen LogP contribution in [0.15, 0.2) is 28.7 Å². The Morgan fingerprint density at radius 1 is 1.15 bits per heavy atom. The summed E-state index contributed by atoms with van der Waals surface area (Å²) in [5, 5.41) is 3.32. The number of rotatable bonds is 3. The van der Waals surface area contributed by atoms with Crippen molar-refractivity contribution in [3.8, 4) is 0 Å². The van der Waals surface area contributed by atoms with E-state index in [4.69, 9.17) is 0 Å². The zero-order chi connectivity index (χ0) is 9.84. The second-order valence-electron chi connectivity index (χ2n) is 3.56. The monoisotopic (exact) mass is 241 g/mol. The number of nitrogens with one attached hydrogen (secondary N) is 1. The molecule has 1 atom stereocenters. The van der Waals surface area contributed by atoms with Crippen LogP contribution in [0, 0.1) is 5.92 Å². The number of hydrogen-bond acceptors (Lipinski definition) is 1. The third-order valence-corrected chi connectivity index (χ3v) is 2.74. The molecule has 2 heteroatoms. The molecule has 1 aromatic carbocycles. The normalized spacial score (nSPS) is 13.3. The summed E-state index contributed by atoms with van der Waals surface area (Å²) in [6.07, 6.45) is 0. The summed E-state index contributed by atoms with van der Waals surface area (Å²) in [4.78, 5) is 0. The summed E-state index contributed by atoms with van der Waals surface area (Å²) in [6, 6.07) is 8.94. The van der Waals surface area contributed by atoms with Crippen molar-refractivity contribution in [2.75, 3.05) is 7.05 Å². The smallest absolute Gasteiger partial charge is 0.0340 e. The van der Waals surface area contributed by atoms with Crippen LogP contribution in [0.3, 0.4) is 0 Å². The molecular formula is C11H16BrN. The molecule has 0 spiro atoms. The highest BCUT2D eigenvalue weighted by molar-refractivity contribution is 9.10. The molecular weight excluding hydrogens is 226 g/mol. The molecule has 0 aliphatic heterocycles. The van der Waals surface area contributed by atoms with Crippen LogP contribution in [0.1, 0.15) is 25.5 Å². The fourth-order valence-electron chi connectivity index (χ4n) is 1.56. The van der Waals surface area contributed by atoms with E-state index in [1.54, 1.807) is 0 Å². The maximum absolute atomic E-state index is 3.43. The molecule has 0 saturated carbocycles. The third kappa shape index (κ3) is 2.82. The molecule has 0 fully saturated rings. The van der Waals surface area contributed by atoms with Gasteiger partial charge in [-0.15, -0.1) is 0 Å². The van der Waals surface area contributed by atoms with E-state index in [1.165, 1.54) is 5.56 Å². The van der Waals surface area contributed by atoms with Crippen molar-refractivity contribution >= 4 is 15.9 Å². The van der Waals surface area contributed by atoms with Gasteiger partial charge in [-0.1, -0.05) is 41.9 Å². The molecule has 0 saturated heterocycles.